The first-order chi connectivity index (χ1) is 7.95. The fraction of sp³-hybridized carbons (Fsp3) is 0.538. The summed E-state index contributed by atoms with van der Waals surface area (Å²) in [6, 6.07) is 5.37. The minimum absolute atomic E-state index is 0.0456. The largest absolute Gasteiger partial charge is 0.396 e. The molecule has 0 saturated heterocycles. The maximum Gasteiger partial charge on any atom is 0.0505 e. The van der Waals surface area contributed by atoms with Gasteiger partial charge in [0.1, 0.15) is 0 Å². The number of aliphatic hydroxyl groups excluding tert-OH is 1. The SMILES string of the molecule is CC(C)C(CN)(CO)Cc1cc(Cl)ccc1Cl. The van der Waals surface area contributed by atoms with Crippen LogP contribution in [0, 0.1) is 11.3 Å². The highest BCUT2D eigenvalue weighted by atomic mass is 35.5. The van der Waals surface area contributed by atoms with Crippen molar-refractivity contribution in [2.75, 3.05) is 13.2 Å². The Morgan fingerprint density at radius 2 is 2.00 bits per heavy atom. The van der Waals surface area contributed by atoms with Gasteiger partial charge in [0.05, 0.1) is 6.61 Å². The molecule has 0 radical (unpaired) electrons. The van der Waals surface area contributed by atoms with Crippen LogP contribution in [-0.4, -0.2) is 18.3 Å². The Labute approximate surface area is 113 Å². The summed E-state index contributed by atoms with van der Waals surface area (Å²) in [6.45, 7) is 4.58. The van der Waals surface area contributed by atoms with Gasteiger partial charge in [-0.1, -0.05) is 37.0 Å². The molecule has 4 heteroatoms. The molecule has 17 heavy (non-hydrogen) atoms. The fourth-order valence-electron chi connectivity index (χ4n) is 1.87. The van der Waals surface area contributed by atoms with Crippen molar-refractivity contribution in [2.24, 2.45) is 17.1 Å². The van der Waals surface area contributed by atoms with Crippen molar-refractivity contribution in [3.05, 3.63) is 33.8 Å². The van der Waals surface area contributed by atoms with Gasteiger partial charge in [0, 0.05) is 22.0 Å². The number of nitrogens with two attached hydrogens (primary N) is 1. The molecule has 1 rings (SSSR count). The van der Waals surface area contributed by atoms with Crippen molar-refractivity contribution in [3.63, 3.8) is 0 Å². The molecule has 1 unspecified atom stereocenters. The van der Waals surface area contributed by atoms with Crippen molar-refractivity contribution < 1.29 is 5.11 Å². The van der Waals surface area contributed by atoms with E-state index in [2.05, 4.69) is 13.8 Å². The molecule has 0 aliphatic rings. The lowest BCUT2D eigenvalue weighted by atomic mass is 9.73. The van der Waals surface area contributed by atoms with E-state index in [4.69, 9.17) is 28.9 Å². The molecule has 1 aromatic carbocycles. The summed E-state index contributed by atoms with van der Waals surface area (Å²) in [5.74, 6) is 0.271. The van der Waals surface area contributed by atoms with Gasteiger partial charge in [0.25, 0.3) is 0 Å². The second kappa shape index (κ2) is 6.05. The number of benzene rings is 1. The molecule has 0 saturated carbocycles. The number of rotatable bonds is 5. The summed E-state index contributed by atoms with van der Waals surface area (Å²) >= 11 is 12.1. The normalized spacial score (nSPS) is 15.0. The Hall–Kier alpha value is -0.280. The molecule has 0 spiro atoms. The van der Waals surface area contributed by atoms with Crippen LogP contribution in [0.1, 0.15) is 19.4 Å². The third-order valence-corrected chi connectivity index (χ3v) is 4.10. The predicted octanol–water partition coefficient (Wildman–Crippen LogP) is 3.13. The average Bonchev–Trinajstić information content (AvgIpc) is 2.30. The van der Waals surface area contributed by atoms with E-state index in [1.807, 2.05) is 6.07 Å². The van der Waals surface area contributed by atoms with Crippen LogP contribution in [0.5, 0.6) is 0 Å². The van der Waals surface area contributed by atoms with Gasteiger partial charge in [0.2, 0.25) is 0 Å². The van der Waals surface area contributed by atoms with E-state index < -0.39 is 0 Å². The molecule has 3 N–H and O–H groups in total. The van der Waals surface area contributed by atoms with Crippen LogP contribution in [0.15, 0.2) is 18.2 Å². The molecule has 96 valence electrons. The molecule has 0 aliphatic carbocycles. The molecule has 0 fully saturated rings. The summed E-state index contributed by atoms with van der Waals surface area (Å²) in [4.78, 5) is 0. The molecule has 2 nitrogen and oxygen atoms in total. The molecule has 0 amide bonds. The Balaban J connectivity index is 3.05. The van der Waals surface area contributed by atoms with Gasteiger partial charge in [-0.25, -0.2) is 0 Å². The van der Waals surface area contributed by atoms with E-state index in [9.17, 15) is 5.11 Å². The first-order valence-corrected chi connectivity index (χ1v) is 6.45. The Bertz CT molecular complexity index is 376. The highest BCUT2D eigenvalue weighted by Crippen LogP contribution is 2.33. The lowest BCUT2D eigenvalue weighted by Gasteiger charge is -2.35. The van der Waals surface area contributed by atoms with Crippen molar-refractivity contribution in [3.8, 4) is 0 Å². The molecule has 0 heterocycles. The third-order valence-electron chi connectivity index (χ3n) is 3.50. The number of aliphatic hydroxyl groups is 1. The van der Waals surface area contributed by atoms with Crippen LogP contribution in [0.3, 0.4) is 0 Å². The van der Waals surface area contributed by atoms with Crippen LogP contribution in [0.4, 0.5) is 0 Å². The predicted molar refractivity (Wildman–Crippen MR) is 73.6 cm³/mol. The van der Waals surface area contributed by atoms with E-state index in [1.54, 1.807) is 12.1 Å². The quantitative estimate of drug-likeness (QED) is 0.868. The van der Waals surface area contributed by atoms with Crippen LogP contribution in [0.25, 0.3) is 0 Å². The number of hydrogen-bond donors (Lipinski definition) is 2. The Morgan fingerprint density at radius 1 is 1.35 bits per heavy atom. The average molecular weight is 276 g/mol. The maximum atomic E-state index is 9.61. The molecule has 0 aliphatic heterocycles. The van der Waals surface area contributed by atoms with E-state index >= 15 is 0 Å². The van der Waals surface area contributed by atoms with Gasteiger partial charge in [0.15, 0.2) is 0 Å². The van der Waals surface area contributed by atoms with Gasteiger partial charge in [-0.3, -0.25) is 0 Å². The Kier molecular flexibility index (Phi) is 5.26. The van der Waals surface area contributed by atoms with E-state index in [0.29, 0.717) is 23.0 Å². The zero-order chi connectivity index (χ0) is 13.1. The van der Waals surface area contributed by atoms with Crippen LogP contribution < -0.4 is 5.73 Å². The summed E-state index contributed by atoms with van der Waals surface area (Å²) in [7, 11) is 0. The van der Waals surface area contributed by atoms with Crippen LogP contribution in [0.2, 0.25) is 10.0 Å². The van der Waals surface area contributed by atoms with E-state index in [1.165, 1.54) is 0 Å². The third kappa shape index (κ3) is 3.35. The van der Waals surface area contributed by atoms with Gasteiger partial charge in [-0.15, -0.1) is 0 Å². The molecular weight excluding hydrogens is 257 g/mol. The van der Waals surface area contributed by atoms with Crippen molar-refractivity contribution in [1.29, 1.82) is 0 Å². The summed E-state index contributed by atoms with van der Waals surface area (Å²) < 4.78 is 0. The first kappa shape index (κ1) is 14.8. The Morgan fingerprint density at radius 3 is 2.47 bits per heavy atom. The number of halogens is 2. The zero-order valence-electron chi connectivity index (χ0n) is 10.2. The maximum absolute atomic E-state index is 9.61. The summed E-state index contributed by atoms with van der Waals surface area (Å²) in [5, 5.41) is 10.9. The van der Waals surface area contributed by atoms with Crippen molar-refractivity contribution >= 4 is 23.2 Å². The van der Waals surface area contributed by atoms with Gasteiger partial charge < -0.3 is 10.8 Å². The monoisotopic (exact) mass is 275 g/mol. The van der Waals surface area contributed by atoms with Gasteiger partial charge >= 0.3 is 0 Å². The highest BCUT2D eigenvalue weighted by Gasteiger charge is 2.32. The molecule has 1 aromatic rings. The van der Waals surface area contributed by atoms with E-state index in [-0.39, 0.29) is 17.9 Å². The van der Waals surface area contributed by atoms with E-state index in [0.717, 1.165) is 5.56 Å². The first-order valence-electron chi connectivity index (χ1n) is 5.70. The highest BCUT2D eigenvalue weighted by molar-refractivity contribution is 6.33. The lowest BCUT2D eigenvalue weighted by molar-refractivity contribution is 0.0843. The minimum atomic E-state index is -0.339. The molecule has 0 bridgehead atoms. The van der Waals surface area contributed by atoms with Gasteiger partial charge in [-0.2, -0.15) is 0 Å². The smallest absolute Gasteiger partial charge is 0.0505 e. The molecule has 0 aromatic heterocycles. The second-order valence-corrected chi connectivity index (χ2v) is 5.64. The molecular formula is C13H19Cl2NO. The summed E-state index contributed by atoms with van der Waals surface area (Å²) in [6.07, 6.45) is 0.636. The number of hydrogen-bond acceptors (Lipinski definition) is 2. The topological polar surface area (TPSA) is 46.2 Å². The van der Waals surface area contributed by atoms with Crippen molar-refractivity contribution in [2.45, 2.75) is 20.3 Å². The molecule has 1 atom stereocenters. The second-order valence-electron chi connectivity index (χ2n) is 4.79. The summed E-state index contributed by atoms with van der Waals surface area (Å²) in [5.41, 5.74) is 6.42. The zero-order valence-corrected chi connectivity index (χ0v) is 11.7. The lowest BCUT2D eigenvalue weighted by Crippen LogP contribution is -2.41. The standard InChI is InChI=1S/C13H19Cl2NO/c1-9(2)13(7-16,8-17)6-10-5-11(14)3-4-12(10)15/h3-5,9,17H,6-8,16H2,1-2H3. The van der Waals surface area contributed by atoms with Crippen molar-refractivity contribution in [1.82, 2.24) is 0 Å². The van der Waals surface area contributed by atoms with Crippen LogP contribution >= 0.6 is 23.2 Å². The fourth-order valence-corrected chi connectivity index (χ4v) is 2.25. The van der Waals surface area contributed by atoms with Gasteiger partial charge in [-0.05, 0) is 36.1 Å². The van der Waals surface area contributed by atoms with Crippen LogP contribution in [-0.2, 0) is 6.42 Å². The minimum Gasteiger partial charge on any atom is -0.396 e.